The number of amides is 2. The minimum atomic E-state index is -0.443. The van der Waals surface area contributed by atoms with Gasteiger partial charge in [0.1, 0.15) is 0 Å². The molecule has 0 aliphatic carbocycles. The number of nitrogens with one attached hydrogen (secondary N) is 1. The Balaban J connectivity index is 0.000000221. The average molecular weight is 394 g/mol. The van der Waals surface area contributed by atoms with Crippen molar-refractivity contribution in [2.45, 2.75) is 6.54 Å². The minimum Gasteiger partial charge on any atom is -0.366 e. The van der Waals surface area contributed by atoms with E-state index in [1.165, 1.54) is 6.08 Å². The summed E-state index contributed by atoms with van der Waals surface area (Å²) in [4.78, 5) is 25.9. The third-order valence-corrected chi connectivity index (χ3v) is 3.76. The van der Waals surface area contributed by atoms with E-state index in [1.807, 2.05) is 42.5 Å². The number of nitrogens with two attached hydrogens (primary N) is 1. The molecule has 5 nitrogen and oxygen atoms in total. The number of nitrogens with zero attached hydrogens (tertiary/aromatic N) is 1. The normalized spacial score (nSPS) is 10.0. The van der Waals surface area contributed by atoms with Crippen molar-refractivity contribution < 1.29 is 9.59 Å². The molecule has 1 aromatic heterocycles. The molecule has 0 saturated carbocycles. The fourth-order valence-corrected chi connectivity index (χ4v) is 2.39. The highest BCUT2D eigenvalue weighted by Gasteiger charge is 2.03. The van der Waals surface area contributed by atoms with Gasteiger partial charge in [-0.15, -0.1) is 0 Å². The monoisotopic (exact) mass is 393 g/mol. The van der Waals surface area contributed by atoms with Crippen LogP contribution in [0.2, 0.25) is 5.02 Å². The van der Waals surface area contributed by atoms with Crippen LogP contribution in [0.15, 0.2) is 85.2 Å². The Morgan fingerprint density at radius 3 is 2.36 bits per heavy atom. The number of carbonyl (C=O) groups excluding carboxylic acids is 2. The van der Waals surface area contributed by atoms with Crippen LogP contribution >= 0.6 is 11.6 Å². The zero-order valence-electron chi connectivity index (χ0n) is 15.1. The van der Waals surface area contributed by atoms with Crippen molar-refractivity contribution in [1.29, 1.82) is 0 Å². The summed E-state index contributed by atoms with van der Waals surface area (Å²) in [7, 11) is 0. The maximum absolute atomic E-state index is 11.8. The van der Waals surface area contributed by atoms with Crippen LogP contribution in [0, 0.1) is 0 Å². The molecule has 2 aromatic carbocycles. The largest absolute Gasteiger partial charge is 0.366 e. The second-order valence-corrected chi connectivity index (χ2v) is 6.13. The lowest BCUT2D eigenvalue weighted by Gasteiger charge is -2.05. The molecule has 0 unspecified atom stereocenters. The lowest BCUT2D eigenvalue weighted by molar-refractivity contribution is -0.113. The van der Waals surface area contributed by atoms with Crippen molar-refractivity contribution in [3.05, 3.63) is 107 Å². The Hall–Kier alpha value is -3.44. The highest BCUT2D eigenvalue weighted by Crippen LogP contribution is 2.10. The SMILES string of the molecule is NC(=O)/C=C/c1ccncc1.O=C(NCc1cccc(Cl)c1)c1ccccc1. The number of halogens is 1. The van der Waals surface area contributed by atoms with Crippen LogP contribution in [0.4, 0.5) is 0 Å². The van der Waals surface area contributed by atoms with Crippen molar-refractivity contribution in [3.8, 4) is 0 Å². The zero-order valence-corrected chi connectivity index (χ0v) is 15.8. The Morgan fingerprint density at radius 1 is 1.00 bits per heavy atom. The summed E-state index contributed by atoms with van der Waals surface area (Å²) in [5.74, 6) is -0.521. The number of rotatable bonds is 5. The van der Waals surface area contributed by atoms with Crippen LogP contribution in [-0.4, -0.2) is 16.8 Å². The quantitative estimate of drug-likeness (QED) is 0.645. The Labute approximate surface area is 168 Å². The highest BCUT2D eigenvalue weighted by atomic mass is 35.5. The van der Waals surface area contributed by atoms with E-state index < -0.39 is 5.91 Å². The third-order valence-electron chi connectivity index (χ3n) is 3.52. The molecular formula is C22H20ClN3O2. The van der Waals surface area contributed by atoms with Gasteiger partial charge in [-0.2, -0.15) is 0 Å². The van der Waals surface area contributed by atoms with Crippen LogP contribution in [0.5, 0.6) is 0 Å². The van der Waals surface area contributed by atoms with E-state index >= 15 is 0 Å². The molecule has 0 saturated heterocycles. The van der Waals surface area contributed by atoms with Gasteiger partial charge in [0.2, 0.25) is 5.91 Å². The van der Waals surface area contributed by atoms with Crippen LogP contribution in [0.3, 0.4) is 0 Å². The van der Waals surface area contributed by atoms with E-state index in [-0.39, 0.29) is 5.91 Å². The van der Waals surface area contributed by atoms with Gasteiger partial charge in [0.15, 0.2) is 0 Å². The molecule has 0 spiro atoms. The molecule has 3 N–H and O–H groups in total. The van der Waals surface area contributed by atoms with Gasteiger partial charge in [0, 0.05) is 35.6 Å². The predicted molar refractivity (Wildman–Crippen MR) is 112 cm³/mol. The molecule has 0 aliphatic heterocycles. The number of aromatic nitrogens is 1. The highest BCUT2D eigenvalue weighted by molar-refractivity contribution is 6.30. The van der Waals surface area contributed by atoms with Crippen LogP contribution in [0.25, 0.3) is 6.08 Å². The van der Waals surface area contributed by atoms with E-state index in [0.717, 1.165) is 11.1 Å². The van der Waals surface area contributed by atoms with E-state index in [4.69, 9.17) is 17.3 Å². The van der Waals surface area contributed by atoms with Crippen molar-refractivity contribution in [3.63, 3.8) is 0 Å². The molecule has 3 aromatic rings. The van der Waals surface area contributed by atoms with Crippen LogP contribution < -0.4 is 11.1 Å². The zero-order chi connectivity index (χ0) is 20.2. The first-order valence-electron chi connectivity index (χ1n) is 8.50. The summed E-state index contributed by atoms with van der Waals surface area (Å²) in [6, 6.07) is 20.2. The molecule has 3 rings (SSSR count). The van der Waals surface area contributed by atoms with Crippen molar-refractivity contribution in [2.75, 3.05) is 0 Å². The number of benzene rings is 2. The van der Waals surface area contributed by atoms with E-state index in [0.29, 0.717) is 17.1 Å². The Morgan fingerprint density at radius 2 is 1.71 bits per heavy atom. The molecule has 28 heavy (non-hydrogen) atoms. The average Bonchev–Trinajstić information content (AvgIpc) is 2.72. The van der Waals surface area contributed by atoms with Gasteiger partial charge in [-0.3, -0.25) is 14.6 Å². The molecule has 1 heterocycles. The second kappa shape index (κ2) is 11.3. The number of hydrogen-bond donors (Lipinski definition) is 2. The van der Waals surface area contributed by atoms with Crippen molar-refractivity contribution in [1.82, 2.24) is 10.3 Å². The molecule has 6 heteroatoms. The van der Waals surface area contributed by atoms with Crippen LogP contribution in [0.1, 0.15) is 21.5 Å². The topological polar surface area (TPSA) is 85.1 Å². The number of pyridine rings is 1. The Bertz CT molecular complexity index is 929. The second-order valence-electron chi connectivity index (χ2n) is 5.69. The molecule has 2 amide bonds. The molecular weight excluding hydrogens is 374 g/mol. The van der Waals surface area contributed by atoms with Crippen LogP contribution in [-0.2, 0) is 11.3 Å². The fourth-order valence-electron chi connectivity index (χ4n) is 2.17. The predicted octanol–water partition coefficient (Wildman–Crippen LogP) is 3.85. The molecule has 0 fully saturated rings. The smallest absolute Gasteiger partial charge is 0.251 e. The van der Waals surface area contributed by atoms with Gasteiger partial charge in [-0.25, -0.2) is 0 Å². The summed E-state index contributed by atoms with van der Waals surface area (Å²) in [6.45, 7) is 0.480. The first-order valence-corrected chi connectivity index (χ1v) is 8.87. The lowest BCUT2D eigenvalue weighted by atomic mass is 10.2. The number of carbonyl (C=O) groups is 2. The van der Waals surface area contributed by atoms with E-state index in [9.17, 15) is 9.59 Å². The third kappa shape index (κ3) is 7.85. The first-order chi connectivity index (χ1) is 13.5. The van der Waals surface area contributed by atoms with Gasteiger partial charge < -0.3 is 11.1 Å². The van der Waals surface area contributed by atoms with Gasteiger partial charge in [0.25, 0.3) is 5.91 Å². The van der Waals surface area contributed by atoms with Crippen molar-refractivity contribution in [2.24, 2.45) is 5.73 Å². The van der Waals surface area contributed by atoms with Gasteiger partial charge in [-0.05, 0) is 53.6 Å². The summed E-state index contributed by atoms with van der Waals surface area (Å²) < 4.78 is 0. The fraction of sp³-hybridized carbons (Fsp3) is 0.0455. The van der Waals surface area contributed by atoms with Crippen molar-refractivity contribution >= 4 is 29.5 Å². The van der Waals surface area contributed by atoms with E-state index in [1.54, 1.807) is 42.7 Å². The maximum atomic E-state index is 11.8. The van der Waals surface area contributed by atoms with Gasteiger partial charge in [0.05, 0.1) is 0 Å². The summed E-state index contributed by atoms with van der Waals surface area (Å²) in [6.07, 6.45) is 6.26. The minimum absolute atomic E-state index is 0.0782. The summed E-state index contributed by atoms with van der Waals surface area (Å²) >= 11 is 5.86. The first kappa shape index (κ1) is 20.9. The molecule has 0 radical (unpaired) electrons. The molecule has 0 atom stereocenters. The maximum Gasteiger partial charge on any atom is 0.251 e. The molecule has 0 aliphatic rings. The Kier molecular flexibility index (Phi) is 8.43. The lowest BCUT2D eigenvalue weighted by Crippen LogP contribution is -2.22. The number of hydrogen-bond acceptors (Lipinski definition) is 3. The standard InChI is InChI=1S/C14H12ClNO.C8H8N2O/c15-13-8-4-5-11(9-13)10-16-14(17)12-6-2-1-3-7-12;9-8(11)2-1-7-3-5-10-6-4-7/h1-9H,10H2,(H,16,17);1-6H,(H2,9,11)/b;2-1+. The molecule has 142 valence electrons. The summed E-state index contributed by atoms with van der Waals surface area (Å²) in [5.41, 5.74) is 7.46. The van der Waals surface area contributed by atoms with Gasteiger partial charge in [-0.1, -0.05) is 41.9 Å². The number of primary amides is 1. The summed E-state index contributed by atoms with van der Waals surface area (Å²) in [5, 5.41) is 3.52. The molecule has 0 bridgehead atoms. The van der Waals surface area contributed by atoms with E-state index in [2.05, 4.69) is 10.3 Å². The van der Waals surface area contributed by atoms with Gasteiger partial charge >= 0.3 is 0 Å².